The van der Waals surface area contributed by atoms with Gasteiger partial charge in [-0.15, -0.1) is 0 Å². The Balaban J connectivity index is 2.30. The molecule has 1 saturated heterocycles. The number of carboxylic acid groups (broad SMARTS) is 1. The van der Waals surface area contributed by atoms with Gasteiger partial charge in [0.25, 0.3) is 0 Å². The second-order valence-electron chi connectivity index (χ2n) is 5.46. The van der Waals surface area contributed by atoms with Crippen LogP contribution in [0.5, 0.6) is 0 Å². The summed E-state index contributed by atoms with van der Waals surface area (Å²) in [4.78, 5) is 37.3. The van der Waals surface area contributed by atoms with Crippen molar-refractivity contribution in [1.82, 2.24) is 20.4 Å². The lowest BCUT2D eigenvalue weighted by Crippen LogP contribution is -2.51. The Morgan fingerprint density at radius 2 is 1.86 bits per heavy atom. The van der Waals surface area contributed by atoms with Crippen molar-refractivity contribution in [3.63, 3.8) is 0 Å². The molecule has 8 nitrogen and oxygen atoms in total. The molecule has 2 unspecified atom stereocenters. The van der Waals surface area contributed by atoms with Gasteiger partial charge in [-0.2, -0.15) is 0 Å². The first kappa shape index (κ1) is 17.1. The number of urea groups is 2. The van der Waals surface area contributed by atoms with Crippen molar-refractivity contribution in [2.75, 3.05) is 33.7 Å². The normalized spacial score (nSPS) is 21.6. The zero-order valence-corrected chi connectivity index (χ0v) is 12.8. The molecule has 0 aromatic rings. The fourth-order valence-electron chi connectivity index (χ4n) is 2.30. The summed E-state index contributed by atoms with van der Waals surface area (Å²) in [6, 6.07) is -0.526. The number of piperidine rings is 1. The van der Waals surface area contributed by atoms with Gasteiger partial charge in [0.2, 0.25) is 0 Å². The van der Waals surface area contributed by atoms with Crippen LogP contribution in [0.2, 0.25) is 0 Å². The van der Waals surface area contributed by atoms with Crippen molar-refractivity contribution in [3.8, 4) is 0 Å². The van der Waals surface area contributed by atoms with Gasteiger partial charge in [0.05, 0.1) is 5.92 Å². The van der Waals surface area contributed by atoms with E-state index in [1.807, 2.05) is 6.92 Å². The third-order valence-corrected chi connectivity index (χ3v) is 3.57. The van der Waals surface area contributed by atoms with Gasteiger partial charge in [0, 0.05) is 39.8 Å². The summed E-state index contributed by atoms with van der Waals surface area (Å²) in [5.74, 6) is -1.17. The van der Waals surface area contributed by atoms with E-state index >= 15 is 0 Å². The number of carbonyl (C=O) groups excluding carboxylic acids is 2. The molecule has 0 saturated carbocycles. The molecule has 1 fully saturated rings. The first-order valence-electron chi connectivity index (χ1n) is 7.05. The van der Waals surface area contributed by atoms with Crippen LogP contribution >= 0.6 is 0 Å². The zero-order valence-electron chi connectivity index (χ0n) is 12.8. The molecule has 1 heterocycles. The van der Waals surface area contributed by atoms with E-state index in [1.165, 1.54) is 4.90 Å². The molecule has 120 valence electrons. The first-order valence-corrected chi connectivity index (χ1v) is 7.05. The molecular weight excluding hydrogens is 276 g/mol. The summed E-state index contributed by atoms with van der Waals surface area (Å²) in [6.45, 7) is 2.98. The van der Waals surface area contributed by atoms with Crippen molar-refractivity contribution >= 4 is 18.0 Å². The molecule has 0 aromatic carbocycles. The van der Waals surface area contributed by atoms with E-state index in [0.717, 1.165) is 0 Å². The van der Waals surface area contributed by atoms with Crippen molar-refractivity contribution in [2.24, 2.45) is 5.92 Å². The molecule has 0 spiro atoms. The lowest BCUT2D eigenvalue weighted by molar-refractivity contribution is -0.143. The summed E-state index contributed by atoms with van der Waals surface area (Å²) in [6.07, 6.45) is 0.949. The summed E-state index contributed by atoms with van der Waals surface area (Å²) in [5, 5.41) is 14.4. The maximum absolute atomic E-state index is 12.0. The van der Waals surface area contributed by atoms with E-state index in [4.69, 9.17) is 5.11 Å². The lowest BCUT2D eigenvalue weighted by atomic mass is 9.92. The predicted molar refractivity (Wildman–Crippen MR) is 77.0 cm³/mol. The molecule has 4 amide bonds. The Labute approximate surface area is 124 Å². The van der Waals surface area contributed by atoms with Crippen LogP contribution in [-0.2, 0) is 4.79 Å². The van der Waals surface area contributed by atoms with Crippen molar-refractivity contribution in [3.05, 3.63) is 0 Å². The van der Waals surface area contributed by atoms with Crippen molar-refractivity contribution in [2.45, 2.75) is 25.8 Å². The van der Waals surface area contributed by atoms with Gasteiger partial charge in [-0.3, -0.25) is 4.79 Å². The topological polar surface area (TPSA) is 102 Å². The summed E-state index contributed by atoms with van der Waals surface area (Å²) in [7, 11) is 3.28. The minimum absolute atomic E-state index is 0.101. The molecule has 0 aliphatic carbocycles. The van der Waals surface area contributed by atoms with Gasteiger partial charge in [-0.05, 0) is 19.8 Å². The van der Waals surface area contributed by atoms with Crippen LogP contribution in [0.3, 0.4) is 0 Å². The molecule has 1 aliphatic heterocycles. The molecule has 0 bridgehead atoms. The molecule has 1 rings (SSSR count). The van der Waals surface area contributed by atoms with E-state index in [0.29, 0.717) is 32.5 Å². The highest BCUT2D eigenvalue weighted by Crippen LogP contribution is 2.22. The fourth-order valence-corrected chi connectivity index (χ4v) is 2.30. The predicted octanol–water partition coefficient (Wildman–Crippen LogP) is 0.152. The minimum atomic E-state index is -0.798. The molecule has 2 atom stereocenters. The quantitative estimate of drug-likeness (QED) is 0.643. The molecule has 8 heteroatoms. The van der Waals surface area contributed by atoms with E-state index < -0.39 is 5.97 Å². The zero-order chi connectivity index (χ0) is 16.0. The average Bonchev–Trinajstić information content (AvgIpc) is 2.42. The van der Waals surface area contributed by atoms with Crippen LogP contribution in [0.1, 0.15) is 19.8 Å². The first-order chi connectivity index (χ1) is 9.82. The third kappa shape index (κ3) is 5.13. The number of nitrogens with one attached hydrogen (secondary N) is 2. The van der Waals surface area contributed by atoms with Crippen molar-refractivity contribution in [1.29, 1.82) is 0 Å². The third-order valence-electron chi connectivity index (χ3n) is 3.57. The number of rotatable bonds is 4. The number of amides is 4. The van der Waals surface area contributed by atoms with Crippen LogP contribution in [0, 0.1) is 5.92 Å². The van der Waals surface area contributed by atoms with E-state index in [9.17, 15) is 14.4 Å². The molecule has 0 aromatic heterocycles. The fraction of sp³-hybridized carbons (Fsp3) is 0.769. The number of likely N-dealkylation sites (tertiary alicyclic amines) is 1. The second kappa shape index (κ2) is 7.70. The maximum atomic E-state index is 12.0. The Morgan fingerprint density at radius 1 is 1.24 bits per heavy atom. The Bertz CT molecular complexity index is 400. The summed E-state index contributed by atoms with van der Waals surface area (Å²) in [5.41, 5.74) is 0. The van der Waals surface area contributed by atoms with Gasteiger partial charge >= 0.3 is 18.0 Å². The molecular formula is C13H24N4O4. The Morgan fingerprint density at radius 3 is 2.38 bits per heavy atom. The standard InChI is InChI=1S/C13H24N4O4/c1-9-8-10(11(18)19)4-7-17(9)13(21)15-6-5-14-12(20)16(2)3/h9-10H,4-8H2,1-3H3,(H,14,20)(H,15,21)(H,18,19). The summed E-state index contributed by atoms with van der Waals surface area (Å²) >= 11 is 0. The van der Waals surface area contributed by atoms with Gasteiger partial charge in [-0.25, -0.2) is 9.59 Å². The average molecular weight is 300 g/mol. The number of nitrogens with zero attached hydrogens (tertiary/aromatic N) is 2. The highest BCUT2D eigenvalue weighted by Gasteiger charge is 2.31. The second-order valence-corrected chi connectivity index (χ2v) is 5.46. The van der Waals surface area contributed by atoms with Crippen LogP contribution in [0.4, 0.5) is 9.59 Å². The highest BCUT2D eigenvalue weighted by atomic mass is 16.4. The Kier molecular flexibility index (Phi) is 6.26. The molecule has 0 radical (unpaired) electrons. The number of carbonyl (C=O) groups is 3. The Hall–Kier alpha value is -1.99. The minimum Gasteiger partial charge on any atom is -0.481 e. The molecule has 3 N–H and O–H groups in total. The monoisotopic (exact) mass is 300 g/mol. The van der Waals surface area contributed by atoms with Crippen molar-refractivity contribution < 1.29 is 19.5 Å². The van der Waals surface area contributed by atoms with E-state index in [2.05, 4.69) is 10.6 Å². The number of carboxylic acids is 1. The largest absolute Gasteiger partial charge is 0.481 e. The highest BCUT2D eigenvalue weighted by molar-refractivity contribution is 5.76. The van der Waals surface area contributed by atoms with Gasteiger partial charge < -0.3 is 25.5 Å². The smallest absolute Gasteiger partial charge is 0.317 e. The van der Waals surface area contributed by atoms with Crippen LogP contribution < -0.4 is 10.6 Å². The van der Waals surface area contributed by atoms with Crippen LogP contribution in [-0.4, -0.2) is 72.7 Å². The molecule has 21 heavy (non-hydrogen) atoms. The van der Waals surface area contributed by atoms with Gasteiger partial charge in [0.15, 0.2) is 0 Å². The maximum Gasteiger partial charge on any atom is 0.317 e. The SMILES string of the molecule is CC1CC(C(=O)O)CCN1C(=O)NCCNC(=O)N(C)C. The lowest BCUT2D eigenvalue weighted by Gasteiger charge is -2.36. The number of hydrogen-bond donors (Lipinski definition) is 3. The van der Waals surface area contributed by atoms with Gasteiger partial charge in [-0.1, -0.05) is 0 Å². The van der Waals surface area contributed by atoms with Gasteiger partial charge in [0.1, 0.15) is 0 Å². The van der Waals surface area contributed by atoms with Crippen LogP contribution in [0.15, 0.2) is 0 Å². The number of aliphatic carboxylic acids is 1. The van der Waals surface area contributed by atoms with E-state index in [1.54, 1.807) is 19.0 Å². The molecule has 1 aliphatic rings. The summed E-state index contributed by atoms with van der Waals surface area (Å²) < 4.78 is 0. The van der Waals surface area contributed by atoms with E-state index in [-0.39, 0.29) is 24.0 Å². The number of hydrogen-bond acceptors (Lipinski definition) is 3. The van der Waals surface area contributed by atoms with Crippen LogP contribution in [0.25, 0.3) is 0 Å².